The number of nitriles is 1. The molecule has 21 heavy (non-hydrogen) atoms. The van der Waals surface area contributed by atoms with Crippen molar-refractivity contribution >= 4 is 16.8 Å². The van der Waals surface area contributed by atoms with Crippen molar-refractivity contribution in [3.05, 3.63) is 36.0 Å². The molecule has 1 aromatic heterocycles. The van der Waals surface area contributed by atoms with Crippen molar-refractivity contribution in [1.82, 2.24) is 15.2 Å². The maximum Gasteiger partial charge on any atom is 0.240 e. The van der Waals surface area contributed by atoms with E-state index in [0.717, 1.165) is 12.1 Å². The highest BCUT2D eigenvalue weighted by Gasteiger charge is 2.21. The predicted molar refractivity (Wildman–Crippen MR) is 80.4 cm³/mol. The summed E-state index contributed by atoms with van der Waals surface area (Å²) in [5.74, 6) is -0.140. The van der Waals surface area contributed by atoms with Crippen LogP contribution in [0.2, 0.25) is 0 Å². The monoisotopic (exact) mass is 282 g/mol. The summed E-state index contributed by atoms with van der Waals surface area (Å²) in [6, 6.07) is 10.7. The fourth-order valence-corrected chi connectivity index (χ4v) is 2.48. The molecule has 1 saturated carbocycles. The number of amides is 1. The van der Waals surface area contributed by atoms with Crippen LogP contribution in [0.1, 0.15) is 18.4 Å². The Bertz CT molecular complexity index is 694. The molecule has 2 aromatic rings. The summed E-state index contributed by atoms with van der Waals surface area (Å²) in [5, 5.41) is 15.8. The highest BCUT2D eigenvalue weighted by molar-refractivity contribution is 5.86. The van der Waals surface area contributed by atoms with E-state index in [0.29, 0.717) is 6.04 Å². The van der Waals surface area contributed by atoms with Crippen LogP contribution in [0.5, 0.6) is 0 Å². The lowest BCUT2D eigenvalue weighted by Crippen LogP contribution is -2.27. The van der Waals surface area contributed by atoms with Gasteiger partial charge in [-0.25, -0.2) is 0 Å². The lowest BCUT2D eigenvalue weighted by molar-refractivity contribution is -0.121. The van der Waals surface area contributed by atoms with E-state index in [1.807, 2.05) is 35.0 Å². The number of hydrogen-bond donors (Lipinski definition) is 2. The molecule has 1 aromatic carbocycles. The number of nitrogens with one attached hydrogen (secondary N) is 2. The molecule has 5 nitrogen and oxygen atoms in total. The van der Waals surface area contributed by atoms with Crippen LogP contribution in [-0.2, 0) is 17.9 Å². The molecule has 0 aliphatic heterocycles. The molecule has 2 N–H and O–H groups in total. The van der Waals surface area contributed by atoms with Crippen molar-refractivity contribution in [2.45, 2.75) is 32.0 Å². The highest BCUT2D eigenvalue weighted by atomic mass is 16.1. The molecule has 0 bridgehead atoms. The first-order chi connectivity index (χ1) is 10.3. The van der Waals surface area contributed by atoms with E-state index in [4.69, 9.17) is 5.26 Å². The van der Waals surface area contributed by atoms with Gasteiger partial charge in [0.25, 0.3) is 0 Å². The topological polar surface area (TPSA) is 69.8 Å². The predicted octanol–water partition coefficient (Wildman–Crippen LogP) is 1.53. The fourth-order valence-electron chi connectivity index (χ4n) is 2.48. The number of rotatable bonds is 6. The quantitative estimate of drug-likeness (QED) is 0.789. The van der Waals surface area contributed by atoms with Gasteiger partial charge >= 0.3 is 0 Å². The Balaban J connectivity index is 1.80. The van der Waals surface area contributed by atoms with Crippen LogP contribution in [-0.4, -0.2) is 23.1 Å². The van der Waals surface area contributed by atoms with E-state index in [1.165, 1.54) is 23.8 Å². The van der Waals surface area contributed by atoms with Crippen LogP contribution in [0.3, 0.4) is 0 Å². The minimum absolute atomic E-state index is 0.0497. The number of fused-ring (bicyclic) bond motifs is 1. The first-order valence-electron chi connectivity index (χ1n) is 7.21. The van der Waals surface area contributed by atoms with Crippen LogP contribution >= 0.6 is 0 Å². The Labute approximate surface area is 123 Å². The van der Waals surface area contributed by atoms with Crippen LogP contribution in [0, 0.1) is 11.3 Å². The van der Waals surface area contributed by atoms with Crippen molar-refractivity contribution in [2.24, 2.45) is 0 Å². The molecule has 1 aliphatic rings. The Morgan fingerprint density at radius 2 is 2.19 bits per heavy atom. The van der Waals surface area contributed by atoms with Gasteiger partial charge in [-0.1, -0.05) is 18.2 Å². The number of hydrogen-bond acceptors (Lipinski definition) is 3. The molecule has 1 amide bonds. The van der Waals surface area contributed by atoms with E-state index < -0.39 is 0 Å². The van der Waals surface area contributed by atoms with Gasteiger partial charge in [-0.15, -0.1) is 0 Å². The number of carbonyl (C=O) groups excluding carboxylic acids is 1. The molecular weight excluding hydrogens is 264 g/mol. The van der Waals surface area contributed by atoms with Crippen LogP contribution in [0.15, 0.2) is 30.5 Å². The second-order valence-corrected chi connectivity index (χ2v) is 5.39. The Morgan fingerprint density at radius 1 is 1.38 bits per heavy atom. The standard InChI is InChI=1S/C16H18N4O/c17-7-8-18-16(21)11-20-10-12(9-19-13-5-6-13)14-3-1-2-4-15(14)20/h1-4,10,13,19H,5-6,8-9,11H2,(H,18,21). The SMILES string of the molecule is N#CCNC(=O)Cn1cc(CNC2CC2)c2ccccc21. The van der Waals surface area contributed by atoms with E-state index >= 15 is 0 Å². The third-order valence-electron chi connectivity index (χ3n) is 3.71. The average molecular weight is 282 g/mol. The fraction of sp³-hybridized carbons (Fsp3) is 0.375. The summed E-state index contributed by atoms with van der Waals surface area (Å²) in [5.41, 5.74) is 2.27. The summed E-state index contributed by atoms with van der Waals surface area (Å²) in [6.07, 6.45) is 4.55. The average Bonchev–Trinajstić information content (AvgIpc) is 3.27. The van der Waals surface area contributed by atoms with E-state index in [2.05, 4.69) is 16.7 Å². The Kier molecular flexibility index (Phi) is 3.89. The molecule has 3 rings (SSSR count). The summed E-state index contributed by atoms with van der Waals surface area (Å²) in [7, 11) is 0. The van der Waals surface area contributed by atoms with E-state index in [1.54, 1.807) is 0 Å². The number of aromatic nitrogens is 1. The summed E-state index contributed by atoms with van der Waals surface area (Å²) in [6.45, 7) is 1.12. The summed E-state index contributed by atoms with van der Waals surface area (Å²) < 4.78 is 1.95. The summed E-state index contributed by atoms with van der Waals surface area (Å²) >= 11 is 0. The molecule has 5 heteroatoms. The van der Waals surface area contributed by atoms with E-state index in [9.17, 15) is 4.79 Å². The molecule has 108 valence electrons. The Hall–Kier alpha value is -2.32. The second kappa shape index (κ2) is 5.98. The van der Waals surface area contributed by atoms with Crippen LogP contribution < -0.4 is 10.6 Å². The van der Waals surface area contributed by atoms with Crippen LogP contribution in [0.25, 0.3) is 10.9 Å². The molecule has 0 saturated heterocycles. The normalized spacial score (nSPS) is 14.0. The van der Waals surface area contributed by atoms with Crippen molar-refractivity contribution in [2.75, 3.05) is 6.54 Å². The first kappa shape index (κ1) is 13.7. The number of para-hydroxylation sites is 1. The minimum atomic E-state index is -0.140. The smallest absolute Gasteiger partial charge is 0.240 e. The highest BCUT2D eigenvalue weighted by Crippen LogP contribution is 2.24. The van der Waals surface area contributed by atoms with Gasteiger partial charge in [0.05, 0.1) is 6.07 Å². The molecule has 0 atom stereocenters. The maximum atomic E-state index is 11.8. The van der Waals surface area contributed by atoms with Gasteiger partial charge in [-0.05, 0) is 24.5 Å². The third kappa shape index (κ3) is 3.23. The first-order valence-corrected chi connectivity index (χ1v) is 7.21. The molecule has 0 spiro atoms. The van der Waals surface area contributed by atoms with Gasteiger partial charge in [0.15, 0.2) is 0 Å². The van der Waals surface area contributed by atoms with Crippen molar-refractivity contribution < 1.29 is 4.79 Å². The molecule has 0 unspecified atom stereocenters. The molecule has 1 heterocycles. The third-order valence-corrected chi connectivity index (χ3v) is 3.71. The van der Waals surface area contributed by atoms with Gasteiger partial charge in [-0.2, -0.15) is 5.26 Å². The minimum Gasteiger partial charge on any atom is -0.341 e. The number of nitrogens with zero attached hydrogens (tertiary/aromatic N) is 2. The van der Waals surface area contributed by atoms with Crippen LogP contribution in [0.4, 0.5) is 0 Å². The zero-order chi connectivity index (χ0) is 14.7. The van der Waals surface area contributed by atoms with Crippen molar-refractivity contribution in [3.8, 4) is 6.07 Å². The lowest BCUT2D eigenvalue weighted by Gasteiger charge is -2.04. The van der Waals surface area contributed by atoms with Gasteiger partial charge in [0.2, 0.25) is 5.91 Å². The molecule has 1 fully saturated rings. The van der Waals surface area contributed by atoms with Crippen molar-refractivity contribution in [3.63, 3.8) is 0 Å². The van der Waals surface area contributed by atoms with Crippen molar-refractivity contribution in [1.29, 1.82) is 5.26 Å². The van der Waals surface area contributed by atoms with E-state index in [-0.39, 0.29) is 19.0 Å². The Morgan fingerprint density at radius 3 is 2.95 bits per heavy atom. The zero-order valence-corrected chi connectivity index (χ0v) is 11.8. The maximum absolute atomic E-state index is 11.8. The lowest BCUT2D eigenvalue weighted by atomic mass is 10.2. The number of carbonyl (C=O) groups is 1. The second-order valence-electron chi connectivity index (χ2n) is 5.39. The van der Waals surface area contributed by atoms with Gasteiger partial charge in [0.1, 0.15) is 13.1 Å². The molecule has 1 aliphatic carbocycles. The van der Waals surface area contributed by atoms with Gasteiger partial charge in [0, 0.05) is 29.7 Å². The van der Waals surface area contributed by atoms with Gasteiger partial charge in [-0.3, -0.25) is 4.79 Å². The van der Waals surface area contributed by atoms with Gasteiger partial charge < -0.3 is 15.2 Å². The summed E-state index contributed by atoms with van der Waals surface area (Å²) in [4.78, 5) is 11.8. The molecule has 0 radical (unpaired) electrons. The molecular formula is C16H18N4O. The number of benzene rings is 1. The zero-order valence-electron chi connectivity index (χ0n) is 11.8. The largest absolute Gasteiger partial charge is 0.341 e.